The highest BCUT2D eigenvalue weighted by Gasteiger charge is 2.14. The van der Waals surface area contributed by atoms with Gasteiger partial charge in [-0.2, -0.15) is 0 Å². The smallest absolute Gasteiger partial charge is 0.129 e. The molecule has 0 aromatic carbocycles. The van der Waals surface area contributed by atoms with Crippen LogP contribution in [-0.2, 0) is 17.9 Å². The SMILES string of the molecule is COCc1ccc(CNC2CCCC2)o1. The van der Waals surface area contributed by atoms with Gasteiger partial charge >= 0.3 is 0 Å². The minimum atomic E-state index is 0.559. The summed E-state index contributed by atoms with van der Waals surface area (Å²) in [6.07, 6.45) is 5.35. The Labute approximate surface area is 90.8 Å². The molecule has 0 amide bonds. The third-order valence-corrected chi connectivity index (χ3v) is 2.92. The number of furan rings is 1. The first-order valence-corrected chi connectivity index (χ1v) is 5.68. The lowest BCUT2D eigenvalue weighted by molar-refractivity contribution is 0.162. The Kier molecular flexibility index (Phi) is 3.80. The normalized spacial score (nSPS) is 17.4. The van der Waals surface area contributed by atoms with Crippen molar-refractivity contribution in [1.82, 2.24) is 5.32 Å². The highest BCUT2D eigenvalue weighted by Crippen LogP contribution is 2.18. The summed E-state index contributed by atoms with van der Waals surface area (Å²) in [5.74, 6) is 1.91. The maximum Gasteiger partial charge on any atom is 0.129 e. The van der Waals surface area contributed by atoms with Crippen LogP contribution in [0.3, 0.4) is 0 Å². The maximum atomic E-state index is 5.60. The van der Waals surface area contributed by atoms with E-state index in [2.05, 4.69) is 5.32 Å². The van der Waals surface area contributed by atoms with Crippen molar-refractivity contribution in [3.63, 3.8) is 0 Å². The number of ether oxygens (including phenoxy) is 1. The predicted molar refractivity (Wildman–Crippen MR) is 58.5 cm³/mol. The first-order chi connectivity index (χ1) is 7.38. The minimum absolute atomic E-state index is 0.559. The Morgan fingerprint density at radius 1 is 1.33 bits per heavy atom. The third-order valence-electron chi connectivity index (χ3n) is 2.92. The van der Waals surface area contributed by atoms with Crippen molar-refractivity contribution in [2.24, 2.45) is 0 Å². The Hall–Kier alpha value is -0.800. The van der Waals surface area contributed by atoms with E-state index < -0.39 is 0 Å². The fourth-order valence-electron chi connectivity index (χ4n) is 2.11. The molecule has 3 heteroatoms. The fraction of sp³-hybridized carbons (Fsp3) is 0.667. The van der Waals surface area contributed by atoms with Crippen LogP contribution in [0, 0.1) is 0 Å². The van der Waals surface area contributed by atoms with Crippen LogP contribution in [0.4, 0.5) is 0 Å². The van der Waals surface area contributed by atoms with Crippen LogP contribution < -0.4 is 5.32 Å². The molecule has 0 bridgehead atoms. The first-order valence-electron chi connectivity index (χ1n) is 5.68. The van der Waals surface area contributed by atoms with Gasteiger partial charge in [0, 0.05) is 13.2 Å². The molecule has 1 saturated carbocycles. The van der Waals surface area contributed by atoms with Gasteiger partial charge in [0.25, 0.3) is 0 Å². The van der Waals surface area contributed by atoms with Crippen molar-refractivity contribution in [3.8, 4) is 0 Å². The molecule has 0 saturated heterocycles. The van der Waals surface area contributed by atoms with Crippen molar-refractivity contribution in [2.75, 3.05) is 7.11 Å². The molecule has 15 heavy (non-hydrogen) atoms. The Balaban J connectivity index is 1.77. The fourth-order valence-corrected chi connectivity index (χ4v) is 2.11. The predicted octanol–water partition coefficient (Wildman–Crippen LogP) is 2.46. The minimum Gasteiger partial charge on any atom is -0.462 e. The molecular formula is C12H19NO2. The second kappa shape index (κ2) is 5.33. The molecule has 1 heterocycles. The molecule has 0 radical (unpaired) electrons. The van der Waals surface area contributed by atoms with Gasteiger partial charge in [0.05, 0.1) is 6.54 Å². The van der Waals surface area contributed by atoms with Gasteiger partial charge in [0.1, 0.15) is 18.1 Å². The van der Waals surface area contributed by atoms with Crippen LogP contribution in [0.1, 0.15) is 37.2 Å². The third kappa shape index (κ3) is 3.08. The van der Waals surface area contributed by atoms with E-state index in [9.17, 15) is 0 Å². The van der Waals surface area contributed by atoms with Gasteiger partial charge in [-0.05, 0) is 25.0 Å². The highest BCUT2D eigenvalue weighted by atomic mass is 16.5. The maximum absolute atomic E-state index is 5.60. The topological polar surface area (TPSA) is 34.4 Å². The lowest BCUT2D eigenvalue weighted by Crippen LogP contribution is -2.24. The van der Waals surface area contributed by atoms with Gasteiger partial charge in [-0.25, -0.2) is 0 Å². The molecule has 1 N–H and O–H groups in total. The van der Waals surface area contributed by atoms with Gasteiger partial charge in [-0.1, -0.05) is 12.8 Å². The molecule has 0 unspecified atom stereocenters. The second-order valence-corrected chi connectivity index (χ2v) is 4.16. The molecule has 0 atom stereocenters. The van der Waals surface area contributed by atoms with E-state index in [0.29, 0.717) is 12.6 Å². The zero-order chi connectivity index (χ0) is 10.5. The lowest BCUT2D eigenvalue weighted by atomic mass is 10.2. The monoisotopic (exact) mass is 209 g/mol. The van der Waals surface area contributed by atoms with Crippen molar-refractivity contribution in [1.29, 1.82) is 0 Å². The first kappa shape index (κ1) is 10.7. The summed E-state index contributed by atoms with van der Waals surface area (Å²) < 4.78 is 10.6. The van der Waals surface area contributed by atoms with Gasteiger partial charge in [-0.15, -0.1) is 0 Å². The summed E-state index contributed by atoms with van der Waals surface area (Å²) in [6, 6.07) is 4.70. The Morgan fingerprint density at radius 3 is 2.80 bits per heavy atom. The quantitative estimate of drug-likeness (QED) is 0.809. The van der Waals surface area contributed by atoms with Crippen molar-refractivity contribution in [2.45, 2.75) is 44.9 Å². The molecule has 3 nitrogen and oxygen atoms in total. The van der Waals surface area contributed by atoms with E-state index in [1.54, 1.807) is 7.11 Å². The van der Waals surface area contributed by atoms with E-state index >= 15 is 0 Å². The average Bonchev–Trinajstić information content (AvgIpc) is 2.85. The second-order valence-electron chi connectivity index (χ2n) is 4.16. The molecule has 1 aromatic rings. The van der Waals surface area contributed by atoms with Crippen LogP contribution in [-0.4, -0.2) is 13.2 Å². The van der Waals surface area contributed by atoms with Gasteiger partial charge in [0.15, 0.2) is 0 Å². The average molecular weight is 209 g/mol. The summed E-state index contributed by atoms with van der Waals surface area (Å²) in [7, 11) is 1.68. The molecule has 2 rings (SSSR count). The lowest BCUT2D eigenvalue weighted by Gasteiger charge is -2.09. The van der Waals surface area contributed by atoms with Crippen LogP contribution in [0.25, 0.3) is 0 Å². The molecule has 84 valence electrons. The summed E-state index contributed by atoms with van der Waals surface area (Å²) in [6.45, 7) is 1.40. The number of hydrogen-bond donors (Lipinski definition) is 1. The van der Waals surface area contributed by atoms with Crippen molar-refractivity contribution >= 4 is 0 Å². The Bertz CT molecular complexity index is 290. The number of hydrogen-bond acceptors (Lipinski definition) is 3. The van der Waals surface area contributed by atoms with Gasteiger partial charge in [-0.3, -0.25) is 0 Å². The van der Waals surface area contributed by atoms with Crippen LogP contribution in [0.15, 0.2) is 16.5 Å². The molecule has 1 aromatic heterocycles. The van der Waals surface area contributed by atoms with Crippen LogP contribution in [0.2, 0.25) is 0 Å². The number of rotatable bonds is 5. The molecule has 0 aliphatic heterocycles. The van der Waals surface area contributed by atoms with Crippen LogP contribution >= 0.6 is 0 Å². The van der Waals surface area contributed by atoms with Gasteiger partial charge in [0.2, 0.25) is 0 Å². The molecule has 1 aliphatic carbocycles. The van der Waals surface area contributed by atoms with E-state index in [4.69, 9.17) is 9.15 Å². The molecule has 1 fully saturated rings. The van der Waals surface area contributed by atoms with Gasteiger partial charge < -0.3 is 14.5 Å². The number of nitrogens with one attached hydrogen (secondary N) is 1. The molecule has 0 spiro atoms. The van der Waals surface area contributed by atoms with E-state index in [0.717, 1.165) is 18.1 Å². The number of methoxy groups -OCH3 is 1. The summed E-state index contributed by atoms with van der Waals surface area (Å²) in [5, 5.41) is 3.52. The van der Waals surface area contributed by atoms with Crippen LogP contribution in [0.5, 0.6) is 0 Å². The van der Waals surface area contributed by atoms with E-state index in [1.165, 1.54) is 25.7 Å². The summed E-state index contributed by atoms with van der Waals surface area (Å²) in [5.41, 5.74) is 0. The van der Waals surface area contributed by atoms with Crippen molar-refractivity contribution in [3.05, 3.63) is 23.7 Å². The Morgan fingerprint density at radius 2 is 2.07 bits per heavy atom. The zero-order valence-electron chi connectivity index (χ0n) is 9.29. The van der Waals surface area contributed by atoms with Crippen molar-refractivity contribution < 1.29 is 9.15 Å². The summed E-state index contributed by atoms with van der Waals surface area (Å²) in [4.78, 5) is 0. The molecule has 1 aliphatic rings. The largest absolute Gasteiger partial charge is 0.462 e. The molecular weight excluding hydrogens is 190 g/mol. The highest BCUT2D eigenvalue weighted by molar-refractivity contribution is 5.06. The summed E-state index contributed by atoms with van der Waals surface area (Å²) >= 11 is 0. The van der Waals surface area contributed by atoms with E-state index in [1.807, 2.05) is 12.1 Å². The van der Waals surface area contributed by atoms with E-state index in [-0.39, 0.29) is 0 Å². The standard InChI is InChI=1S/C12H19NO2/c1-14-9-12-7-6-11(15-12)8-13-10-4-2-3-5-10/h6-7,10,13H,2-5,8-9H2,1H3. The zero-order valence-corrected chi connectivity index (χ0v) is 9.29.